The highest BCUT2D eigenvalue weighted by atomic mass is 32.2. The Labute approximate surface area is 207 Å². The monoisotopic (exact) mass is 500 g/mol. The van der Waals surface area contributed by atoms with Gasteiger partial charge in [0.25, 0.3) is 0 Å². The van der Waals surface area contributed by atoms with Gasteiger partial charge in [0.15, 0.2) is 0 Å². The molecule has 2 atom stereocenters. The van der Waals surface area contributed by atoms with Crippen LogP contribution in [0.2, 0.25) is 0 Å². The highest BCUT2D eigenvalue weighted by Gasteiger charge is 2.40. The summed E-state index contributed by atoms with van der Waals surface area (Å²) in [5, 5.41) is 12.0. The first kappa shape index (κ1) is 24.5. The first-order chi connectivity index (χ1) is 16.5. The number of carbonyl (C=O) groups is 3. The van der Waals surface area contributed by atoms with E-state index in [-0.39, 0.29) is 29.6 Å². The number of carboxylic acids is 1. The number of fused-ring (bicyclic) bond motifs is 3. The molecule has 2 aliphatic rings. The molecule has 180 valence electrons. The first-order valence-corrected chi connectivity index (χ1v) is 13.5. The van der Waals surface area contributed by atoms with Gasteiger partial charge in [-0.05, 0) is 28.7 Å². The predicted molar refractivity (Wildman–Crippen MR) is 135 cm³/mol. The summed E-state index contributed by atoms with van der Waals surface area (Å²) in [6, 6.07) is 15.6. The van der Waals surface area contributed by atoms with E-state index in [0.29, 0.717) is 24.5 Å². The highest BCUT2D eigenvalue weighted by Crippen LogP contribution is 2.44. The maximum Gasteiger partial charge on any atom is 0.407 e. The molecule has 1 fully saturated rings. The van der Waals surface area contributed by atoms with E-state index < -0.39 is 18.1 Å². The van der Waals surface area contributed by atoms with Gasteiger partial charge in [0.1, 0.15) is 12.6 Å². The van der Waals surface area contributed by atoms with E-state index in [2.05, 4.69) is 29.6 Å². The first-order valence-electron chi connectivity index (χ1n) is 11.3. The van der Waals surface area contributed by atoms with Crippen LogP contribution in [0.15, 0.2) is 48.5 Å². The zero-order chi connectivity index (χ0) is 24.1. The average molecular weight is 501 g/mol. The van der Waals surface area contributed by atoms with Crippen molar-refractivity contribution in [2.24, 2.45) is 0 Å². The fourth-order valence-electron chi connectivity index (χ4n) is 4.51. The van der Waals surface area contributed by atoms with E-state index in [4.69, 9.17) is 4.74 Å². The minimum absolute atomic E-state index is 0.0113. The predicted octanol–water partition coefficient (Wildman–Crippen LogP) is 4.02. The molecule has 0 bridgehead atoms. The second-order valence-corrected chi connectivity index (χ2v) is 10.5. The lowest BCUT2D eigenvalue weighted by Gasteiger charge is -2.26. The van der Waals surface area contributed by atoms with Gasteiger partial charge in [-0.25, -0.2) is 9.59 Å². The summed E-state index contributed by atoms with van der Waals surface area (Å²) in [4.78, 5) is 37.8. The summed E-state index contributed by atoms with van der Waals surface area (Å²) >= 11 is 2.89. The summed E-state index contributed by atoms with van der Waals surface area (Å²) in [6.45, 7) is 2.57. The van der Waals surface area contributed by atoms with Crippen molar-refractivity contribution in [3.05, 3.63) is 59.7 Å². The van der Waals surface area contributed by atoms with Crippen LogP contribution < -0.4 is 5.32 Å². The number of hydrogen-bond donors (Lipinski definition) is 2. The smallest absolute Gasteiger partial charge is 0.407 e. The third kappa shape index (κ3) is 5.20. The molecule has 1 heterocycles. The molecule has 1 aliphatic carbocycles. The number of nitrogens with zero attached hydrogens (tertiary/aromatic N) is 1. The van der Waals surface area contributed by atoms with Crippen molar-refractivity contribution in [1.82, 2.24) is 10.2 Å². The number of rotatable bonds is 9. The van der Waals surface area contributed by atoms with Crippen molar-refractivity contribution in [2.45, 2.75) is 30.7 Å². The summed E-state index contributed by atoms with van der Waals surface area (Å²) in [7, 11) is 0. The number of carboxylic acid groups (broad SMARTS) is 1. The summed E-state index contributed by atoms with van der Waals surface area (Å²) in [6.07, 6.45) is 0.232. The SMILES string of the molecule is CCC1SCC(C(=O)O)N1C(=O)CSCCNC(=O)OCC1c2ccccc2-c2ccccc21. The second-order valence-electron chi connectivity index (χ2n) is 8.16. The maximum atomic E-state index is 12.6. The van der Waals surface area contributed by atoms with Gasteiger partial charge in [-0.3, -0.25) is 4.79 Å². The van der Waals surface area contributed by atoms with Crippen molar-refractivity contribution in [3.63, 3.8) is 0 Å². The van der Waals surface area contributed by atoms with E-state index in [1.165, 1.54) is 39.6 Å². The lowest BCUT2D eigenvalue weighted by molar-refractivity contribution is -0.148. The normalized spacial score (nSPS) is 18.9. The molecule has 1 aliphatic heterocycles. The van der Waals surface area contributed by atoms with Gasteiger partial charge < -0.3 is 20.1 Å². The van der Waals surface area contributed by atoms with Crippen molar-refractivity contribution in [2.75, 3.05) is 30.4 Å². The molecular weight excluding hydrogens is 472 g/mol. The number of ether oxygens (including phenoxy) is 1. The Kier molecular flexibility index (Phi) is 8.05. The molecule has 0 saturated carbocycles. The van der Waals surface area contributed by atoms with Crippen LogP contribution in [0.3, 0.4) is 0 Å². The van der Waals surface area contributed by atoms with E-state index in [0.717, 1.165) is 11.1 Å². The van der Waals surface area contributed by atoms with E-state index in [9.17, 15) is 19.5 Å². The van der Waals surface area contributed by atoms with Gasteiger partial charge in [0, 0.05) is 24.0 Å². The minimum atomic E-state index is -0.960. The molecule has 34 heavy (non-hydrogen) atoms. The third-order valence-corrected chi connectivity index (χ3v) is 8.50. The molecule has 0 spiro atoms. The Morgan fingerprint density at radius 3 is 2.38 bits per heavy atom. The number of thioether (sulfide) groups is 2. The fraction of sp³-hybridized carbons (Fsp3) is 0.400. The van der Waals surface area contributed by atoms with Crippen LogP contribution in [0, 0.1) is 0 Å². The molecule has 7 nitrogen and oxygen atoms in total. The van der Waals surface area contributed by atoms with Crippen LogP contribution in [0.25, 0.3) is 11.1 Å². The Bertz CT molecular complexity index is 1020. The van der Waals surface area contributed by atoms with E-state index in [1.54, 1.807) is 0 Å². The standard InChI is InChI=1S/C25H28N2O5S2/c1-2-23-27(21(14-34-23)24(29)30)22(28)15-33-12-11-26-25(31)32-13-20-18-9-5-3-7-16(18)17-8-4-6-10-19(17)20/h3-10,20-21,23H,2,11-15H2,1H3,(H,26,31)(H,29,30). The third-order valence-electron chi connectivity index (χ3n) is 6.10. The molecule has 0 radical (unpaired) electrons. The van der Waals surface area contributed by atoms with Gasteiger partial charge in [-0.15, -0.1) is 11.8 Å². The highest BCUT2D eigenvalue weighted by molar-refractivity contribution is 8.00. The van der Waals surface area contributed by atoms with Crippen LogP contribution in [-0.2, 0) is 14.3 Å². The van der Waals surface area contributed by atoms with Crippen molar-refractivity contribution >= 4 is 41.5 Å². The molecule has 2 N–H and O–H groups in total. The number of alkyl carbamates (subject to hydrolysis) is 1. The van der Waals surface area contributed by atoms with Gasteiger partial charge in [-0.2, -0.15) is 11.8 Å². The molecule has 2 amide bonds. The summed E-state index contributed by atoms with van der Waals surface area (Å²) in [5.41, 5.74) is 4.69. The van der Waals surface area contributed by atoms with Crippen molar-refractivity contribution in [1.29, 1.82) is 0 Å². The van der Waals surface area contributed by atoms with Crippen molar-refractivity contribution in [3.8, 4) is 11.1 Å². The number of amides is 2. The topological polar surface area (TPSA) is 95.9 Å². The molecule has 0 aromatic heterocycles. The maximum absolute atomic E-state index is 12.6. The lowest BCUT2D eigenvalue weighted by Crippen LogP contribution is -2.46. The zero-order valence-electron chi connectivity index (χ0n) is 18.9. The van der Waals surface area contributed by atoms with Gasteiger partial charge in [0.2, 0.25) is 5.91 Å². The summed E-state index contributed by atoms with van der Waals surface area (Å²) < 4.78 is 5.52. The van der Waals surface area contributed by atoms with Crippen LogP contribution in [-0.4, -0.2) is 69.8 Å². The van der Waals surface area contributed by atoms with Gasteiger partial charge in [0.05, 0.1) is 11.1 Å². The Morgan fingerprint density at radius 2 is 1.76 bits per heavy atom. The number of nitrogens with one attached hydrogen (secondary N) is 1. The Hall–Kier alpha value is -2.65. The Morgan fingerprint density at radius 1 is 1.12 bits per heavy atom. The zero-order valence-corrected chi connectivity index (χ0v) is 20.6. The van der Waals surface area contributed by atoms with Crippen LogP contribution in [0.4, 0.5) is 4.79 Å². The van der Waals surface area contributed by atoms with E-state index >= 15 is 0 Å². The molecule has 2 aromatic carbocycles. The molecule has 9 heteroatoms. The van der Waals surface area contributed by atoms with Gasteiger partial charge in [-0.1, -0.05) is 55.5 Å². The van der Waals surface area contributed by atoms with Gasteiger partial charge >= 0.3 is 12.1 Å². The van der Waals surface area contributed by atoms with E-state index in [1.807, 2.05) is 31.2 Å². The largest absolute Gasteiger partial charge is 0.480 e. The van der Waals surface area contributed by atoms with Crippen LogP contribution in [0.1, 0.15) is 30.4 Å². The number of aliphatic carboxylic acids is 1. The van der Waals surface area contributed by atoms with Crippen LogP contribution in [0.5, 0.6) is 0 Å². The van der Waals surface area contributed by atoms with Crippen molar-refractivity contribution < 1.29 is 24.2 Å². The number of benzene rings is 2. The molecule has 1 saturated heterocycles. The Balaban J connectivity index is 1.20. The number of hydrogen-bond acceptors (Lipinski definition) is 6. The fourth-order valence-corrected chi connectivity index (χ4v) is 6.59. The molecule has 2 unspecified atom stereocenters. The molecular formula is C25H28N2O5S2. The minimum Gasteiger partial charge on any atom is -0.480 e. The quantitative estimate of drug-likeness (QED) is 0.502. The van der Waals surface area contributed by atoms with Crippen LogP contribution >= 0.6 is 23.5 Å². The molecule has 4 rings (SSSR count). The average Bonchev–Trinajstić information content (AvgIpc) is 3.42. The number of carbonyl (C=O) groups excluding carboxylic acids is 2. The lowest BCUT2D eigenvalue weighted by atomic mass is 9.98. The summed E-state index contributed by atoms with van der Waals surface area (Å²) in [5.74, 6) is 0.0259. The second kappa shape index (κ2) is 11.2. The molecule has 2 aromatic rings.